The Morgan fingerprint density at radius 1 is 0.917 bits per heavy atom. The Bertz CT molecular complexity index is 824. The molecule has 0 radical (unpaired) electrons. The lowest BCUT2D eigenvalue weighted by Crippen LogP contribution is -2.43. The predicted octanol–water partition coefficient (Wildman–Crippen LogP) is 4.86. The fourth-order valence-corrected chi connectivity index (χ4v) is 5.82. The van der Waals surface area contributed by atoms with Crippen molar-refractivity contribution in [1.82, 2.24) is 4.90 Å². The molecular weight excluding hydrogens is 290 g/mol. The van der Waals surface area contributed by atoms with Gasteiger partial charge >= 0.3 is 0 Å². The minimum Gasteiger partial charge on any atom is -0.290 e. The van der Waals surface area contributed by atoms with E-state index < -0.39 is 0 Å². The lowest BCUT2D eigenvalue weighted by Gasteiger charge is -2.47. The maximum absolute atomic E-state index is 2.69. The first kappa shape index (κ1) is 14.5. The molecular formula is C23H25N. The number of allylic oxidation sites excluding steroid dienone is 1. The van der Waals surface area contributed by atoms with E-state index >= 15 is 0 Å². The van der Waals surface area contributed by atoms with Crippen LogP contribution >= 0.6 is 0 Å². The van der Waals surface area contributed by atoms with Crippen molar-refractivity contribution in [3.05, 3.63) is 82.4 Å². The van der Waals surface area contributed by atoms with Crippen LogP contribution in [-0.4, -0.2) is 23.0 Å². The monoisotopic (exact) mass is 315 g/mol. The van der Waals surface area contributed by atoms with E-state index in [-0.39, 0.29) is 11.0 Å². The van der Waals surface area contributed by atoms with Crippen LogP contribution in [0.15, 0.2) is 60.2 Å². The van der Waals surface area contributed by atoms with E-state index in [1.165, 1.54) is 11.1 Å². The molecule has 1 aliphatic heterocycles. The zero-order valence-electron chi connectivity index (χ0n) is 15.0. The number of hydrogen-bond donors (Lipinski definition) is 0. The van der Waals surface area contributed by atoms with Gasteiger partial charge in [-0.1, -0.05) is 54.6 Å². The van der Waals surface area contributed by atoms with Crippen molar-refractivity contribution in [3.63, 3.8) is 0 Å². The zero-order chi connectivity index (χ0) is 16.7. The Morgan fingerprint density at radius 3 is 2.00 bits per heavy atom. The largest absolute Gasteiger partial charge is 0.290 e. The van der Waals surface area contributed by atoms with E-state index in [0.29, 0.717) is 12.0 Å². The number of hydrogen-bond acceptors (Lipinski definition) is 1. The fourth-order valence-electron chi connectivity index (χ4n) is 5.82. The van der Waals surface area contributed by atoms with E-state index in [1.54, 1.807) is 16.7 Å². The molecule has 1 fully saturated rings. The Balaban J connectivity index is 1.88. The lowest BCUT2D eigenvalue weighted by atomic mass is 9.54. The van der Waals surface area contributed by atoms with E-state index in [9.17, 15) is 0 Å². The first-order chi connectivity index (χ1) is 11.5. The summed E-state index contributed by atoms with van der Waals surface area (Å²) in [6, 6.07) is 18.8. The predicted molar refractivity (Wildman–Crippen MR) is 99.5 cm³/mol. The number of likely N-dealkylation sites (tertiary alicyclic amines) is 1. The van der Waals surface area contributed by atoms with Crippen LogP contribution in [0.25, 0.3) is 0 Å². The summed E-state index contributed by atoms with van der Waals surface area (Å²) < 4.78 is 0. The lowest BCUT2D eigenvalue weighted by molar-refractivity contribution is 0.149. The molecule has 1 saturated heterocycles. The van der Waals surface area contributed by atoms with Gasteiger partial charge in [0.05, 0.1) is 5.41 Å². The maximum Gasteiger partial charge on any atom is 0.0562 e. The van der Waals surface area contributed by atoms with Crippen molar-refractivity contribution in [2.45, 2.75) is 50.6 Å². The van der Waals surface area contributed by atoms with Crippen LogP contribution in [-0.2, 0) is 5.41 Å². The normalized spacial score (nSPS) is 29.2. The van der Waals surface area contributed by atoms with Crippen molar-refractivity contribution in [2.24, 2.45) is 0 Å². The fraction of sp³-hybridized carbons (Fsp3) is 0.391. The van der Waals surface area contributed by atoms with Gasteiger partial charge in [0.1, 0.15) is 0 Å². The van der Waals surface area contributed by atoms with Gasteiger partial charge in [-0.3, -0.25) is 4.90 Å². The molecule has 0 N–H and O–H groups in total. The Kier molecular flexibility index (Phi) is 2.66. The van der Waals surface area contributed by atoms with Gasteiger partial charge in [-0.05, 0) is 55.5 Å². The number of nitrogens with zero attached hydrogens (tertiary/aromatic N) is 1. The summed E-state index contributed by atoms with van der Waals surface area (Å²) in [5, 5.41) is 0. The average Bonchev–Trinajstić information content (AvgIpc) is 2.84. The van der Waals surface area contributed by atoms with Gasteiger partial charge in [0.25, 0.3) is 0 Å². The zero-order valence-corrected chi connectivity index (χ0v) is 15.0. The molecule has 1 heteroatoms. The van der Waals surface area contributed by atoms with Crippen LogP contribution in [0.1, 0.15) is 55.9 Å². The molecule has 0 atom stereocenters. The summed E-state index contributed by atoms with van der Waals surface area (Å²) in [5.41, 5.74) is 7.88. The second-order valence-corrected chi connectivity index (χ2v) is 8.42. The molecule has 3 aliphatic carbocycles. The topological polar surface area (TPSA) is 3.24 Å². The molecule has 122 valence electrons. The Hall–Kier alpha value is -1.86. The summed E-state index contributed by atoms with van der Waals surface area (Å²) in [6.07, 6.45) is 2.59. The third-order valence-electron chi connectivity index (χ3n) is 6.71. The van der Waals surface area contributed by atoms with E-state index in [4.69, 9.17) is 0 Å². The third-order valence-corrected chi connectivity index (χ3v) is 6.71. The highest BCUT2D eigenvalue weighted by atomic mass is 15.3. The van der Waals surface area contributed by atoms with Gasteiger partial charge in [-0.15, -0.1) is 0 Å². The van der Waals surface area contributed by atoms with Gasteiger partial charge in [-0.25, -0.2) is 0 Å². The van der Waals surface area contributed by atoms with Crippen LogP contribution in [0, 0.1) is 0 Å². The average molecular weight is 315 g/mol. The second-order valence-electron chi connectivity index (χ2n) is 8.42. The van der Waals surface area contributed by atoms with E-state index in [1.807, 2.05) is 0 Å². The summed E-state index contributed by atoms with van der Waals surface area (Å²) in [5.74, 6) is 0.417. The van der Waals surface area contributed by atoms with Gasteiger partial charge < -0.3 is 0 Å². The van der Waals surface area contributed by atoms with Gasteiger partial charge in [0, 0.05) is 24.0 Å². The number of rotatable bonds is 1. The molecule has 2 aromatic rings. The Morgan fingerprint density at radius 2 is 1.46 bits per heavy atom. The van der Waals surface area contributed by atoms with Crippen molar-refractivity contribution in [1.29, 1.82) is 0 Å². The van der Waals surface area contributed by atoms with Crippen LogP contribution in [0.3, 0.4) is 0 Å². The highest BCUT2D eigenvalue weighted by Crippen LogP contribution is 2.62. The second kappa shape index (κ2) is 4.40. The molecule has 0 amide bonds. The molecule has 1 heterocycles. The molecule has 24 heavy (non-hydrogen) atoms. The Labute approximate surface area is 145 Å². The molecule has 1 spiro atoms. The summed E-state index contributed by atoms with van der Waals surface area (Å²) >= 11 is 0. The minimum atomic E-state index is 0.0374. The van der Waals surface area contributed by atoms with Crippen LogP contribution < -0.4 is 0 Å². The highest BCUT2D eigenvalue weighted by molar-refractivity contribution is 5.70. The van der Waals surface area contributed by atoms with Crippen LogP contribution in [0.4, 0.5) is 0 Å². The van der Waals surface area contributed by atoms with E-state index in [2.05, 4.69) is 87.2 Å². The van der Waals surface area contributed by atoms with Crippen molar-refractivity contribution in [2.75, 3.05) is 6.54 Å². The van der Waals surface area contributed by atoms with Crippen LogP contribution in [0.5, 0.6) is 0 Å². The minimum absolute atomic E-state index is 0.0374. The molecule has 0 unspecified atom stereocenters. The van der Waals surface area contributed by atoms with E-state index in [0.717, 1.165) is 6.54 Å². The first-order valence-electron chi connectivity index (χ1n) is 9.16. The summed E-state index contributed by atoms with van der Waals surface area (Å²) in [6.45, 7) is 10.6. The molecule has 4 aliphatic rings. The molecule has 1 nitrogen and oxygen atoms in total. The van der Waals surface area contributed by atoms with Crippen molar-refractivity contribution in [3.8, 4) is 0 Å². The molecule has 2 bridgehead atoms. The van der Waals surface area contributed by atoms with Gasteiger partial charge in [-0.2, -0.15) is 0 Å². The SMILES string of the molecule is CC(C)N1CC23C(=CC(c4ccccc42)c2ccccc23)C1(C)C. The van der Waals surface area contributed by atoms with Crippen molar-refractivity contribution >= 4 is 0 Å². The number of benzene rings is 2. The quantitative estimate of drug-likeness (QED) is 0.679. The molecule has 6 rings (SSSR count). The molecule has 2 aromatic carbocycles. The molecule has 0 aromatic heterocycles. The molecule has 0 saturated carbocycles. The van der Waals surface area contributed by atoms with Crippen LogP contribution in [0.2, 0.25) is 0 Å². The maximum atomic E-state index is 2.69. The smallest absolute Gasteiger partial charge is 0.0562 e. The summed E-state index contributed by atoms with van der Waals surface area (Å²) in [7, 11) is 0. The highest BCUT2D eigenvalue weighted by Gasteiger charge is 2.60. The van der Waals surface area contributed by atoms with Crippen molar-refractivity contribution < 1.29 is 0 Å². The first-order valence-corrected chi connectivity index (χ1v) is 9.16. The van der Waals surface area contributed by atoms with Gasteiger partial charge in [0.15, 0.2) is 0 Å². The summed E-state index contributed by atoms with van der Waals surface area (Å²) in [4.78, 5) is 2.69. The third kappa shape index (κ3) is 1.46. The van der Waals surface area contributed by atoms with Gasteiger partial charge in [0.2, 0.25) is 0 Å². The standard InChI is InChI=1S/C23H25N/c1-15(2)24-14-23-19-11-7-5-9-16(19)18(13-21(23)22(24,3)4)17-10-6-8-12-20(17)23/h5-13,15,18H,14H2,1-4H3.